The molecule has 1 aliphatic rings. The summed E-state index contributed by atoms with van der Waals surface area (Å²) >= 11 is 1.56. The molecule has 0 bridgehead atoms. The van der Waals surface area contributed by atoms with Gasteiger partial charge in [0.15, 0.2) is 0 Å². The van der Waals surface area contributed by atoms with Gasteiger partial charge in [0.25, 0.3) is 0 Å². The number of amides is 1. The number of hydrogen-bond donors (Lipinski definition) is 2. The molecule has 1 aromatic rings. The molecule has 21 heavy (non-hydrogen) atoms. The summed E-state index contributed by atoms with van der Waals surface area (Å²) in [7, 11) is 0. The Labute approximate surface area is 128 Å². The number of hydrogen-bond acceptors (Lipinski definition) is 4. The maximum Gasteiger partial charge on any atom is 0.322 e. The lowest BCUT2D eigenvalue weighted by molar-refractivity contribution is -0.139. The van der Waals surface area contributed by atoms with E-state index < -0.39 is 16.8 Å². The summed E-state index contributed by atoms with van der Waals surface area (Å²) < 4.78 is -0.407. The Morgan fingerprint density at radius 2 is 1.95 bits per heavy atom. The number of anilines is 1. The standard InChI is InChI=1S/C15H20N2O3S/c1-10(18)17(11-7-5-4-6-8-11)9-12-16-13(14(19)20)15(2,3)21-12/h4-8,12-13,16H,9H2,1-3H3,(H,19,20). The molecule has 0 aliphatic carbocycles. The van der Waals surface area contributed by atoms with Crippen molar-refractivity contribution in [1.82, 2.24) is 5.32 Å². The minimum absolute atomic E-state index is 0.0554. The van der Waals surface area contributed by atoms with Gasteiger partial charge in [-0.1, -0.05) is 18.2 Å². The number of thioether (sulfide) groups is 1. The molecule has 1 fully saturated rings. The van der Waals surface area contributed by atoms with E-state index in [0.717, 1.165) is 5.69 Å². The zero-order chi connectivity index (χ0) is 15.6. The van der Waals surface area contributed by atoms with E-state index in [-0.39, 0.29) is 11.3 Å². The summed E-state index contributed by atoms with van der Waals surface area (Å²) in [4.78, 5) is 24.8. The minimum Gasteiger partial charge on any atom is -0.480 e. The van der Waals surface area contributed by atoms with Crippen molar-refractivity contribution in [2.45, 2.75) is 36.9 Å². The van der Waals surface area contributed by atoms with Gasteiger partial charge in [-0.05, 0) is 26.0 Å². The molecule has 2 N–H and O–H groups in total. The highest BCUT2D eigenvalue weighted by atomic mass is 32.2. The molecule has 2 atom stereocenters. The van der Waals surface area contributed by atoms with Crippen LogP contribution in [0.25, 0.3) is 0 Å². The predicted molar refractivity (Wildman–Crippen MR) is 84.5 cm³/mol. The first kappa shape index (κ1) is 15.9. The van der Waals surface area contributed by atoms with E-state index in [0.29, 0.717) is 6.54 Å². The van der Waals surface area contributed by atoms with Crippen molar-refractivity contribution in [3.63, 3.8) is 0 Å². The molecule has 6 heteroatoms. The molecule has 0 radical (unpaired) electrons. The molecule has 1 aliphatic heterocycles. The highest BCUT2D eigenvalue weighted by molar-refractivity contribution is 8.01. The average Bonchev–Trinajstić information content (AvgIpc) is 2.71. The molecule has 0 saturated carbocycles. The van der Waals surface area contributed by atoms with Gasteiger partial charge in [-0.2, -0.15) is 0 Å². The zero-order valence-electron chi connectivity index (χ0n) is 12.4. The summed E-state index contributed by atoms with van der Waals surface area (Å²) in [6.45, 7) is 5.78. The maximum atomic E-state index is 11.9. The molecule has 1 aromatic carbocycles. The fraction of sp³-hybridized carbons (Fsp3) is 0.467. The molecule has 2 unspecified atom stereocenters. The lowest BCUT2D eigenvalue weighted by atomic mass is 10.0. The Morgan fingerprint density at radius 3 is 2.43 bits per heavy atom. The van der Waals surface area contributed by atoms with Crippen LogP contribution in [0.3, 0.4) is 0 Å². The Kier molecular flexibility index (Phi) is 4.58. The van der Waals surface area contributed by atoms with Crippen LogP contribution in [-0.4, -0.2) is 39.7 Å². The van der Waals surface area contributed by atoms with E-state index in [1.807, 2.05) is 44.2 Å². The van der Waals surface area contributed by atoms with Crippen molar-refractivity contribution in [2.75, 3.05) is 11.4 Å². The van der Waals surface area contributed by atoms with Gasteiger partial charge in [0, 0.05) is 17.4 Å². The minimum atomic E-state index is -0.857. The number of carboxylic acids is 1. The van der Waals surface area contributed by atoms with Crippen LogP contribution >= 0.6 is 11.8 Å². The quantitative estimate of drug-likeness (QED) is 0.889. The van der Waals surface area contributed by atoms with Crippen molar-refractivity contribution in [2.24, 2.45) is 0 Å². The smallest absolute Gasteiger partial charge is 0.322 e. The third kappa shape index (κ3) is 3.57. The fourth-order valence-electron chi connectivity index (χ4n) is 2.50. The van der Waals surface area contributed by atoms with Gasteiger partial charge >= 0.3 is 5.97 Å². The molecule has 0 aromatic heterocycles. The van der Waals surface area contributed by atoms with Gasteiger partial charge in [-0.25, -0.2) is 0 Å². The third-order valence-electron chi connectivity index (χ3n) is 3.54. The second kappa shape index (κ2) is 6.07. The van der Waals surface area contributed by atoms with Gasteiger partial charge in [0.05, 0.1) is 11.9 Å². The van der Waals surface area contributed by atoms with Gasteiger partial charge < -0.3 is 10.0 Å². The summed E-state index contributed by atoms with van der Waals surface area (Å²) in [5.74, 6) is -0.913. The van der Waals surface area contributed by atoms with Crippen LogP contribution in [0.5, 0.6) is 0 Å². The van der Waals surface area contributed by atoms with Crippen LogP contribution in [0.15, 0.2) is 30.3 Å². The SMILES string of the molecule is CC(=O)N(CC1NC(C(=O)O)C(C)(C)S1)c1ccccc1. The monoisotopic (exact) mass is 308 g/mol. The first-order chi connectivity index (χ1) is 9.81. The van der Waals surface area contributed by atoms with E-state index in [4.69, 9.17) is 0 Å². The van der Waals surface area contributed by atoms with Crippen molar-refractivity contribution in [3.8, 4) is 0 Å². The van der Waals surface area contributed by atoms with Gasteiger partial charge in [0.1, 0.15) is 6.04 Å². The van der Waals surface area contributed by atoms with Crippen LogP contribution in [0.1, 0.15) is 20.8 Å². The Hall–Kier alpha value is -1.53. The number of nitrogens with one attached hydrogen (secondary N) is 1. The largest absolute Gasteiger partial charge is 0.480 e. The number of benzene rings is 1. The molecule has 1 saturated heterocycles. The van der Waals surface area contributed by atoms with Crippen LogP contribution in [0.2, 0.25) is 0 Å². The first-order valence-corrected chi connectivity index (χ1v) is 7.69. The lowest BCUT2D eigenvalue weighted by Gasteiger charge is -2.25. The van der Waals surface area contributed by atoms with Crippen LogP contribution in [0.4, 0.5) is 5.69 Å². The van der Waals surface area contributed by atoms with Crippen LogP contribution in [-0.2, 0) is 9.59 Å². The Bertz CT molecular complexity index is 533. The van der Waals surface area contributed by atoms with E-state index in [2.05, 4.69) is 5.32 Å². The second-order valence-electron chi connectivity index (χ2n) is 5.61. The number of rotatable bonds is 4. The highest BCUT2D eigenvalue weighted by Gasteiger charge is 2.45. The third-order valence-corrected chi connectivity index (χ3v) is 4.95. The number of carbonyl (C=O) groups is 2. The van der Waals surface area contributed by atoms with Crippen molar-refractivity contribution in [3.05, 3.63) is 30.3 Å². The van der Waals surface area contributed by atoms with Crippen molar-refractivity contribution in [1.29, 1.82) is 0 Å². The van der Waals surface area contributed by atoms with Gasteiger partial charge in [-0.3, -0.25) is 14.9 Å². The van der Waals surface area contributed by atoms with Gasteiger partial charge in [0.2, 0.25) is 5.91 Å². The summed E-state index contributed by atoms with van der Waals surface area (Å²) in [6.07, 6.45) is 0. The highest BCUT2D eigenvalue weighted by Crippen LogP contribution is 2.38. The van der Waals surface area contributed by atoms with Crippen LogP contribution in [0, 0.1) is 0 Å². The number of carboxylic acid groups (broad SMARTS) is 1. The van der Waals surface area contributed by atoms with Crippen LogP contribution < -0.4 is 10.2 Å². The Balaban J connectivity index is 2.13. The lowest BCUT2D eigenvalue weighted by Crippen LogP contribution is -2.47. The second-order valence-corrected chi connectivity index (χ2v) is 7.47. The van der Waals surface area contributed by atoms with Gasteiger partial charge in [-0.15, -0.1) is 11.8 Å². The summed E-state index contributed by atoms with van der Waals surface area (Å²) in [6, 6.07) is 8.79. The molecule has 2 rings (SSSR count). The average molecular weight is 308 g/mol. The number of aliphatic carboxylic acids is 1. The topological polar surface area (TPSA) is 69.6 Å². The number of nitrogens with zero attached hydrogens (tertiary/aromatic N) is 1. The van der Waals surface area contributed by atoms with E-state index in [1.165, 1.54) is 6.92 Å². The fourth-order valence-corrected chi connectivity index (χ4v) is 3.97. The first-order valence-electron chi connectivity index (χ1n) is 6.81. The number of carbonyl (C=O) groups excluding carboxylic acids is 1. The molecule has 1 amide bonds. The summed E-state index contributed by atoms with van der Waals surface area (Å²) in [5.41, 5.74) is 0.823. The summed E-state index contributed by atoms with van der Waals surface area (Å²) in [5, 5.41) is 12.3. The molecular weight excluding hydrogens is 288 g/mol. The molecular formula is C15H20N2O3S. The molecule has 1 heterocycles. The molecule has 114 valence electrons. The molecule has 0 spiro atoms. The van der Waals surface area contributed by atoms with Crippen molar-refractivity contribution < 1.29 is 14.7 Å². The maximum absolute atomic E-state index is 11.9. The normalized spacial score (nSPS) is 23.8. The van der Waals surface area contributed by atoms with E-state index >= 15 is 0 Å². The molecule has 5 nitrogen and oxygen atoms in total. The predicted octanol–water partition coefficient (Wildman–Crippen LogP) is 1.93. The number of para-hydroxylation sites is 1. The zero-order valence-corrected chi connectivity index (χ0v) is 13.2. The Morgan fingerprint density at radius 1 is 1.33 bits per heavy atom. The van der Waals surface area contributed by atoms with E-state index in [9.17, 15) is 14.7 Å². The van der Waals surface area contributed by atoms with E-state index in [1.54, 1.807) is 16.7 Å². The van der Waals surface area contributed by atoms with Crippen molar-refractivity contribution >= 4 is 29.3 Å².